The molecule has 0 aliphatic carbocycles. The number of fused-ring (bicyclic) bond motifs is 3. The van der Waals surface area contributed by atoms with Crippen molar-refractivity contribution < 1.29 is 13.2 Å². The number of rotatable bonds is 4. The lowest BCUT2D eigenvalue weighted by molar-refractivity contribution is -0.138. The van der Waals surface area contributed by atoms with Crippen LogP contribution in [0.15, 0.2) is 36.7 Å². The van der Waals surface area contributed by atoms with E-state index in [2.05, 4.69) is 40.0 Å². The van der Waals surface area contributed by atoms with Crippen molar-refractivity contribution in [3.05, 3.63) is 64.6 Å². The fourth-order valence-corrected chi connectivity index (χ4v) is 4.04. The standard InChI is InChI=1S/C21H22F3N3/c1-2-14-3-4-19-16(11-14)17-13-26-9-6-20(17)27(19)10-7-15-12-25-8-5-18(15)21(22,23)24/h3-5,8,11-12,26H,2,6-7,9-10,13H2,1H3. The van der Waals surface area contributed by atoms with Crippen LogP contribution >= 0.6 is 0 Å². The molecule has 3 nitrogen and oxygen atoms in total. The molecular formula is C21H22F3N3. The molecule has 0 atom stereocenters. The predicted octanol–water partition coefficient (Wildman–Crippen LogP) is 4.51. The SMILES string of the molecule is CCc1ccc2c(c1)c1c(n2CCc2cnccc2C(F)(F)F)CCNC1. The molecule has 0 saturated heterocycles. The van der Waals surface area contributed by atoms with Crippen LogP contribution in [-0.2, 0) is 38.5 Å². The van der Waals surface area contributed by atoms with Gasteiger partial charge < -0.3 is 9.88 Å². The van der Waals surface area contributed by atoms with Crippen LogP contribution in [0.2, 0.25) is 0 Å². The van der Waals surface area contributed by atoms with E-state index >= 15 is 0 Å². The highest BCUT2D eigenvalue weighted by atomic mass is 19.4. The van der Waals surface area contributed by atoms with Gasteiger partial charge in [-0.2, -0.15) is 13.2 Å². The molecule has 0 bridgehead atoms. The average Bonchev–Trinajstić information content (AvgIpc) is 2.99. The van der Waals surface area contributed by atoms with E-state index in [0.29, 0.717) is 13.0 Å². The van der Waals surface area contributed by atoms with Crippen LogP contribution in [0.5, 0.6) is 0 Å². The third kappa shape index (κ3) is 3.34. The molecular weight excluding hydrogens is 351 g/mol. The van der Waals surface area contributed by atoms with E-state index in [1.807, 2.05) is 0 Å². The number of pyridine rings is 1. The van der Waals surface area contributed by atoms with Gasteiger partial charge in [-0.3, -0.25) is 4.98 Å². The van der Waals surface area contributed by atoms with Gasteiger partial charge in [0, 0.05) is 55.0 Å². The lowest BCUT2D eigenvalue weighted by atomic mass is 10.0. The number of aryl methyl sites for hydroxylation is 3. The molecule has 1 N–H and O–H groups in total. The van der Waals surface area contributed by atoms with Crippen LogP contribution < -0.4 is 5.32 Å². The largest absolute Gasteiger partial charge is 0.416 e. The van der Waals surface area contributed by atoms with Crippen molar-refractivity contribution in [2.75, 3.05) is 6.54 Å². The summed E-state index contributed by atoms with van der Waals surface area (Å²) in [5.41, 5.74) is 4.58. The van der Waals surface area contributed by atoms with Crippen LogP contribution in [0.25, 0.3) is 10.9 Å². The third-order valence-corrected chi connectivity index (χ3v) is 5.41. The van der Waals surface area contributed by atoms with Crippen molar-refractivity contribution in [1.29, 1.82) is 0 Å². The maximum Gasteiger partial charge on any atom is 0.416 e. The average molecular weight is 373 g/mol. The summed E-state index contributed by atoms with van der Waals surface area (Å²) in [6.07, 6.45) is 0.367. The fourth-order valence-electron chi connectivity index (χ4n) is 4.04. The van der Waals surface area contributed by atoms with E-state index in [1.54, 1.807) is 0 Å². The quantitative estimate of drug-likeness (QED) is 0.729. The molecule has 6 heteroatoms. The van der Waals surface area contributed by atoms with E-state index in [-0.39, 0.29) is 5.56 Å². The van der Waals surface area contributed by atoms with Gasteiger partial charge in [0.05, 0.1) is 5.56 Å². The summed E-state index contributed by atoms with van der Waals surface area (Å²) in [5.74, 6) is 0. The monoisotopic (exact) mass is 373 g/mol. The summed E-state index contributed by atoms with van der Waals surface area (Å²) in [6.45, 7) is 4.35. The van der Waals surface area contributed by atoms with Gasteiger partial charge in [-0.1, -0.05) is 13.0 Å². The molecule has 0 unspecified atom stereocenters. The summed E-state index contributed by atoms with van der Waals surface area (Å²) in [5, 5.41) is 4.64. The number of hydrogen-bond acceptors (Lipinski definition) is 2. The van der Waals surface area contributed by atoms with Crippen LogP contribution in [-0.4, -0.2) is 16.1 Å². The van der Waals surface area contributed by atoms with Gasteiger partial charge in [0.2, 0.25) is 0 Å². The Balaban J connectivity index is 1.73. The highest BCUT2D eigenvalue weighted by molar-refractivity contribution is 5.86. The first-order valence-corrected chi connectivity index (χ1v) is 9.32. The van der Waals surface area contributed by atoms with E-state index in [4.69, 9.17) is 0 Å². The summed E-state index contributed by atoms with van der Waals surface area (Å²) in [4.78, 5) is 3.91. The maximum absolute atomic E-state index is 13.3. The molecule has 0 spiro atoms. The second-order valence-electron chi connectivity index (χ2n) is 6.99. The van der Waals surface area contributed by atoms with Gasteiger partial charge in [-0.05, 0) is 47.7 Å². The zero-order valence-corrected chi connectivity index (χ0v) is 15.2. The molecule has 4 rings (SSSR count). The van der Waals surface area contributed by atoms with E-state index in [0.717, 1.165) is 37.5 Å². The smallest absolute Gasteiger partial charge is 0.344 e. The van der Waals surface area contributed by atoms with Crippen molar-refractivity contribution in [1.82, 2.24) is 14.9 Å². The summed E-state index contributed by atoms with van der Waals surface area (Å²) in [6, 6.07) is 7.52. The lowest BCUT2D eigenvalue weighted by Gasteiger charge is -2.18. The van der Waals surface area contributed by atoms with Gasteiger partial charge in [-0.15, -0.1) is 0 Å². The normalized spacial score (nSPS) is 14.5. The van der Waals surface area contributed by atoms with Gasteiger partial charge >= 0.3 is 6.18 Å². The molecule has 1 aliphatic heterocycles. The minimum Gasteiger partial charge on any atom is -0.344 e. The number of nitrogens with one attached hydrogen (secondary N) is 1. The van der Waals surface area contributed by atoms with Gasteiger partial charge in [0.1, 0.15) is 0 Å². The summed E-state index contributed by atoms with van der Waals surface area (Å²) >= 11 is 0. The van der Waals surface area contributed by atoms with Crippen molar-refractivity contribution in [3.8, 4) is 0 Å². The first-order valence-electron chi connectivity index (χ1n) is 9.32. The van der Waals surface area contributed by atoms with Crippen LogP contribution in [0.4, 0.5) is 13.2 Å². The predicted molar refractivity (Wildman–Crippen MR) is 99.7 cm³/mol. The highest BCUT2D eigenvalue weighted by Crippen LogP contribution is 2.33. The number of nitrogens with zero attached hydrogens (tertiary/aromatic N) is 2. The zero-order valence-electron chi connectivity index (χ0n) is 15.2. The number of alkyl halides is 3. The molecule has 1 aromatic carbocycles. The van der Waals surface area contributed by atoms with Crippen LogP contribution in [0, 0.1) is 0 Å². The molecule has 1 aliphatic rings. The summed E-state index contributed by atoms with van der Waals surface area (Å²) < 4.78 is 42.0. The van der Waals surface area contributed by atoms with Gasteiger partial charge in [0.25, 0.3) is 0 Å². The van der Waals surface area contributed by atoms with Gasteiger partial charge in [-0.25, -0.2) is 0 Å². The number of benzene rings is 1. The van der Waals surface area contributed by atoms with Crippen LogP contribution in [0.1, 0.15) is 34.9 Å². The van der Waals surface area contributed by atoms with E-state index in [1.165, 1.54) is 34.6 Å². The second kappa shape index (κ2) is 7.00. The molecule has 3 heterocycles. The minimum absolute atomic E-state index is 0.250. The Labute approximate surface area is 156 Å². The molecule has 2 aromatic heterocycles. The van der Waals surface area contributed by atoms with Crippen molar-refractivity contribution >= 4 is 10.9 Å². The Kier molecular flexibility index (Phi) is 4.68. The number of aromatic nitrogens is 2. The first-order chi connectivity index (χ1) is 13.0. The Hall–Kier alpha value is -2.34. The molecule has 27 heavy (non-hydrogen) atoms. The van der Waals surface area contributed by atoms with Crippen molar-refractivity contribution in [2.45, 2.75) is 45.5 Å². The Morgan fingerprint density at radius 1 is 1.22 bits per heavy atom. The molecule has 0 fully saturated rings. The highest BCUT2D eigenvalue weighted by Gasteiger charge is 2.33. The zero-order chi connectivity index (χ0) is 19.0. The Bertz CT molecular complexity index is 973. The van der Waals surface area contributed by atoms with Crippen LogP contribution in [0.3, 0.4) is 0 Å². The molecule has 0 amide bonds. The van der Waals surface area contributed by atoms with Crippen molar-refractivity contribution in [3.63, 3.8) is 0 Å². The van der Waals surface area contributed by atoms with E-state index < -0.39 is 11.7 Å². The topological polar surface area (TPSA) is 29.9 Å². The minimum atomic E-state index is -4.35. The number of halogens is 3. The summed E-state index contributed by atoms with van der Waals surface area (Å²) in [7, 11) is 0. The first kappa shape index (κ1) is 18.0. The molecule has 142 valence electrons. The lowest BCUT2D eigenvalue weighted by Crippen LogP contribution is -2.25. The van der Waals surface area contributed by atoms with Gasteiger partial charge in [0.15, 0.2) is 0 Å². The molecule has 0 radical (unpaired) electrons. The Morgan fingerprint density at radius 3 is 2.85 bits per heavy atom. The Morgan fingerprint density at radius 2 is 2.07 bits per heavy atom. The third-order valence-electron chi connectivity index (χ3n) is 5.41. The maximum atomic E-state index is 13.3. The molecule has 0 saturated carbocycles. The second-order valence-corrected chi connectivity index (χ2v) is 6.99. The molecule has 3 aromatic rings. The van der Waals surface area contributed by atoms with E-state index in [9.17, 15) is 13.2 Å². The number of hydrogen-bond donors (Lipinski definition) is 1. The fraction of sp³-hybridized carbons (Fsp3) is 0.381. The van der Waals surface area contributed by atoms with Crippen molar-refractivity contribution in [2.24, 2.45) is 0 Å².